The van der Waals surface area contributed by atoms with Crippen LogP contribution in [0.2, 0.25) is 0 Å². The number of aryl methyl sites for hydroxylation is 2. The lowest BCUT2D eigenvalue weighted by atomic mass is 10.2. The maximum Gasteiger partial charge on any atom is 0.233 e. The van der Waals surface area contributed by atoms with Crippen molar-refractivity contribution in [1.82, 2.24) is 10.2 Å². The van der Waals surface area contributed by atoms with Gasteiger partial charge in [-0.2, -0.15) is 5.10 Å². The fraction of sp³-hybridized carbons (Fsp3) is 0.600. The molecule has 0 aliphatic heterocycles. The highest BCUT2D eigenvalue weighted by atomic mass is 16.5. The van der Waals surface area contributed by atoms with Gasteiger partial charge in [0.15, 0.2) is 0 Å². The van der Waals surface area contributed by atoms with Crippen molar-refractivity contribution in [2.45, 2.75) is 27.7 Å². The van der Waals surface area contributed by atoms with Crippen LogP contribution in [0.15, 0.2) is 6.07 Å². The quantitative estimate of drug-likeness (QED) is 0.714. The molecule has 0 aromatic carbocycles. The maximum atomic E-state index is 5.43. The van der Waals surface area contributed by atoms with Gasteiger partial charge in [0.2, 0.25) is 5.88 Å². The smallest absolute Gasteiger partial charge is 0.233 e. The zero-order valence-corrected chi connectivity index (χ0v) is 8.66. The molecule has 0 atom stereocenters. The Kier molecular flexibility index (Phi) is 3.23. The molecule has 0 spiro atoms. The van der Waals surface area contributed by atoms with Gasteiger partial charge >= 0.3 is 0 Å². The van der Waals surface area contributed by atoms with Crippen molar-refractivity contribution < 1.29 is 4.74 Å². The summed E-state index contributed by atoms with van der Waals surface area (Å²) in [4.78, 5) is 0. The summed E-state index contributed by atoms with van der Waals surface area (Å²) in [6.07, 6.45) is 0. The lowest BCUT2D eigenvalue weighted by molar-refractivity contribution is 0.258. The Labute approximate surface area is 79.1 Å². The average molecular weight is 180 g/mol. The lowest BCUT2D eigenvalue weighted by Crippen LogP contribution is -2.06. The van der Waals surface area contributed by atoms with Crippen molar-refractivity contribution in [1.29, 1.82) is 0 Å². The Morgan fingerprint density at radius 2 is 2.00 bits per heavy atom. The van der Waals surface area contributed by atoms with Gasteiger partial charge < -0.3 is 4.74 Å². The second-order valence-corrected chi connectivity index (χ2v) is 3.66. The van der Waals surface area contributed by atoms with E-state index in [1.54, 1.807) is 0 Å². The maximum absolute atomic E-state index is 5.43. The van der Waals surface area contributed by atoms with Crippen LogP contribution in [0.5, 0.6) is 5.88 Å². The van der Waals surface area contributed by atoms with Gasteiger partial charge in [0.1, 0.15) is 0 Å². The number of rotatable bonds is 3. The highest BCUT2D eigenvalue weighted by Gasteiger charge is 2.01. The summed E-state index contributed by atoms with van der Waals surface area (Å²) in [5.41, 5.74) is 2.07. The first kappa shape index (κ1) is 9.96. The van der Waals surface area contributed by atoms with Crippen LogP contribution in [0.4, 0.5) is 0 Å². The van der Waals surface area contributed by atoms with Gasteiger partial charge in [-0.15, -0.1) is 5.10 Å². The largest absolute Gasteiger partial charge is 0.476 e. The van der Waals surface area contributed by atoms with Crippen LogP contribution in [0.1, 0.15) is 25.1 Å². The van der Waals surface area contributed by atoms with Crippen LogP contribution in [-0.4, -0.2) is 16.8 Å². The van der Waals surface area contributed by atoms with E-state index in [1.165, 1.54) is 0 Å². The number of aromatic nitrogens is 2. The Balaban J connectivity index is 2.63. The second-order valence-electron chi connectivity index (χ2n) is 3.66. The molecule has 3 nitrogen and oxygen atoms in total. The van der Waals surface area contributed by atoms with E-state index in [1.807, 2.05) is 19.9 Å². The molecule has 0 fully saturated rings. The molecule has 3 heteroatoms. The molecule has 0 N–H and O–H groups in total. The summed E-state index contributed by atoms with van der Waals surface area (Å²) in [5.74, 6) is 1.14. The SMILES string of the molecule is Cc1cc(OCC(C)C)nnc1C. The Bertz CT molecular complexity index is 284. The molecule has 1 aromatic rings. The zero-order valence-electron chi connectivity index (χ0n) is 8.66. The van der Waals surface area contributed by atoms with Crippen molar-refractivity contribution in [3.8, 4) is 5.88 Å². The molecule has 0 saturated heterocycles. The van der Waals surface area contributed by atoms with Gasteiger partial charge in [0.25, 0.3) is 0 Å². The molecule has 0 aliphatic carbocycles. The van der Waals surface area contributed by atoms with Crippen LogP contribution < -0.4 is 4.74 Å². The van der Waals surface area contributed by atoms with Gasteiger partial charge in [-0.05, 0) is 25.3 Å². The number of ether oxygens (including phenoxy) is 1. The summed E-state index contributed by atoms with van der Waals surface area (Å²) in [7, 11) is 0. The highest BCUT2D eigenvalue weighted by Crippen LogP contribution is 2.10. The molecule has 0 unspecified atom stereocenters. The molecule has 0 saturated carbocycles. The third-order valence-electron chi connectivity index (χ3n) is 1.77. The van der Waals surface area contributed by atoms with Crippen molar-refractivity contribution >= 4 is 0 Å². The van der Waals surface area contributed by atoms with Gasteiger partial charge in [-0.1, -0.05) is 13.8 Å². The van der Waals surface area contributed by atoms with Crippen molar-refractivity contribution in [3.63, 3.8) is 0 Å². The summed E-state index contributed by atoms with van der Waals surface area (Å²) < 4.78 is 5.43. The molecule has 0 aliphatic rings. The summed E-state index contributed by atoms with van der Waals surface area (Å²) >= 11 is 0. The molecule has 0 amide bonds. The standard InChI is InChI=1S/C10H16N2O/c1-7(2)6-13-10-5-8(3)9(4)11-12-10/h5,7H,6H2,1-4H3. The lowest BCUT2D eigenvalue weighted by Gasteiger charge is -2.07. The molecule has 0 radical (unpaired) electrons. The molecule has 13 heavy (non-hydrogen) atoms. The van der Waals surface area contributed by atoms with Gasteiger partial charge in [0.05, 0.1) is 12.3 Å². The van der Waals surface area contributed by atoms with Gasteiger partial charge in [-0.3, -0.25) is 0 Å². The number of hydrogen-bond donors (Lipinski definition) is 0. The third-order valence-corrected chi connectivity index (χ3v) is 1.77. The van der Waals surface area contributed by atoms with E-state index >= 15 is 0 Å². The van der Waals surface area contributed by atoms with E-state index in [0.29, 0.717) is 18.4 Å². The fourth-order valence-electron chi connectivity index (χ4n) is 0.844. The molecular formula is C10H16N2O. The second kappa shape index (κ2) is 4.21. The van der Waals surface area contributed by atoms with Crippen LogP contribution in [-0.2, 0) is 0 Å². The van der Waals surface area contributed by atoms with Crippen molar-refractivity contribution in [2.24, 2.45) is 5.92 Å². The van der Waals surface area contributed by atoms with Crippen LogP contribution in [0, 0.1) is 19.8 Å². The number of hydrogen-bond acceptors (Lipinski definition) is 3. The molecule has 1 heterocycles. The van der Waals surface area contributed by atoms with Crippen molar-refractivity contribution in [2.75, 3.05) is 6.61 Å². The first-order valence-corrected chi connectivity index (χ1v) is 4.53. The Morgan fingerprint density at radius 3 is 2.54 bits per heavy atom. The summed E-state index contributed by atoms with van der Waals surface area (Å²) in [6.45, 7) is 8.85. The Hall–Kier alpha value is -1.12. The molecule has 0 bridgehead atoms. The summed E-state index contributed by atoms with van der Waals surface area (Å²) in [5, 5.41) is 7.92. The monoisotopic (exact) mass is 180 g/mol. The minimum absolute atomic E-state index is 0.517. The topological polar surface area (TPSA) is 35.0 Å². The third kappa shape index (κ3) is 3.01. The normalized spacial score (nSPS) is 10.5. The van der Waals surface area contributed by atoms with Gasteiger partial charge in [-0.25, -0.2) is 0 Å². The van der Waals surface area contributed by atoms with Crippen LogP contribution in [0.25, 0.3) is 0 Å². The summed E-state index contributed by atoms with van der Waals surface area (Å²) in [6, 6.07) is 1.92. The van der Waals surface area contributed by atoms with E-state index in [4.69, 9.17) is 4.74 Å². The van der Waals surface area contributed by atoms with Crippen molar-refractivity contribution in [3.05, 3.63) is 17.3 Å². The molecule has 72 valence electrons. The van der Waals surface area contributed by atoms with E-state index in [9.17, 15) is 0 Å². The zero-order chi connectivity index (χ0) is 9.84. The average Bonchev–Trinajstić information content (AvgIpc) is 2.07. The van der Waals surface area contributed by atoms with Crippen LogP contribution in [0.3, 0.4) is 0 Å². The minimum Gasteiger partial charge on any atom is -0.476 e. The number of nitrogens with zero attached hydrogens (tertiary/aromatic N) is 2. The predicted octanol–water partition coefficient (Wildman–Crippen LogP) is 2.13. The molecule has 1 aromatic heterocycles. The van der Waals surface area contributed by atoms with Crippen LogP contribution >= 0.6 is 0 Å². The predicted molar refractivity (Wildman–Crippen MR) is 51.8 cm³/mol. The molecular weight excluding hydrogens is 164 g/mol. The van der Waals surface area contributed by atoms with E-state index in [2.05, 4.69) is 24.0 Å². The minimum atomic E-state index is 0.517. The molecule has 1 rings (SSSR count). The van der Waals surface area contributed by atoms with E-state index in [0.717, 1.165) is 11.3 Å². The fourth-order valence-corrected chi connectivity index (χ4v) is 0.844. The van der Waals surface area contributed by atoms with E-state index in [-0.39, 0.29) is 0 Å². The van der Waals surface area contributed by atoms with E-state index < -0.39 is 0 Å². The van der Waals surface area contributed by atoms with Gasteiger partial charge in [0, 0.05) is 6.07 Å². The Morgan fingerprint density at radius 1 is 1.31 bits per heavy atom. The highest BCUT2D eigenvalue weighted by molar-refractivity contribution is 5.21. The first-order valence-electron chi connectivity index (χ1n) is 4.53. The first-order chi connectivity index (χ1) is 6.09.